The summed E-state index contributed by atoms with van der Waals surface area (Å²) in [5.41, 5.74) is 3.13. The van der Waals surface area contributed by atoms with Gasteiger partial charge in [-0.2, -0.15) is 0 Å². The van der Waals surface area contributed by atoms with E-state index in [1.54, 1.807) is 6.07 Å². The fraction of sp³-hybridized carbons (Fsp3) is 0.533. The summed E-state index contributed by atoms with van der Waals surface area (Å²) in [5.74, 6) is -0.551. The zero-order valence-electron chi connectivity index (χ0n) is 21.6. The standard InChI is InChI=1S/C30H39FN2O2/c1-20-15-16-23(31)19-26(20)29(35)33-17-9-14-25(27(33)21-10-6-5-7-11-21)28(34)32-24-13-8-12-22(18-24)30(2,3)4/h8,12-13,15-16,18-19,21,25,27H,5-7,9-11,14,17H2,1-4H3,(H,32,34). The normalized spacial score (nSPS) is 21.6. The van der Waals surface area contributed by atoms with Crippen molar-refractivity contribution in [2.24, 2.45) is 11.8 Å². The average molecular weight is 479 g/mol. The number of halogens is 1. The number of hydrogen-bond donors (Lipinski definition) is 1. The van der Waals surface area contributed by atoms with Crippen molar-refractivity contribution in [1.82, 2.24) is 4.90 Å². The predicted octanol–water partition coefficient (Wildman–Crippen LogP) is 6.87. The fourth-order valence-electron chi connectivity index (χ4n) is 5.88. The van der Waals surface area contributed by atoms with Crippen LogP contribution in [0.3, 0.4) is 0 Å². The Morgan fingerprint density at radius 1 is 0.971 bits per heavy atom. The van der Waals surface area contributed by atoms with Crippen molar-refractivity contribution in [2.45, 2.75) is 84.1 Å². The van der Waals surface area contributed by atoms with Crippen molar-refractivity contribution in [3.63, 3.8) is 0 Å². The molecule has 0 aromatic heterocycles. The summed E-state index contributed by atoms with van der Waals surface area (Å²) in [6.45, 7) is 8.93. The molecular formula is C30H39FN2O2. The maximum atomic E-state index is 14.1. The summed E-state index contributed by atoms with van der Waals surface area (Å²) in [6, 6.07) is 12.3. The Bertz CT molecular complexity index is 1070. The van der Waals surface area contributed by atoms with Crippen LogP contribution in [0, 0.1) is 24.6 Å². The van der Waals surface area contributed by atoms with E-state index < -0.39 is 5.82 Å². The number of piperidine rings is 1. The summed E-state index contributed by atoms with van der Waals surface area (Å²) < 4.78 is 14.1. The van der Waals surface area contributed by atoms with E-state index in [4.69, 9.17) is 0 Å². The van der Waals surface area contributed by atoms with Crippen molar-refractivity contribution in [3.8, 4) is 0 Å². The maximum Gasteiger partial charge on any atom is 0.254 e. The van der Waals surface area contributed by atoms with Crippen molar-refractivity contribution in [3.05, 3.63) is 65.0 Å². The second-order valence-corrected chi connectivity index (χ2v) is 11.4. The molecular weight excluding hydrogens is 439 g/mol. The van der Waals surface area contributed by atoms with Gasteiger partial charge in [-0.15, -0.1) is 0 Å². The molecule has 2 atom stereocenters. The van der Waals surface area contributed by atoms with Crippen LogP contribution >= 0.6 is 0 Å². The number of carbonyl (C=O) groups excluding carboxylic acids is 2. The predicted molar refractivity (Wildman–Crippen MR) is 139 cm³/mol. The molecule has 0 radical (unpaired) electrons. The van der Waals surface area contributed by atoms with Crippen LogP contribution in [-0.2, 0) is 10.2 Å². The Balaban J connectivity index is 1.63. The SMILES string of the molecule is Cc1ccc(F)cc1C(=O)N1CCCC(C(=O)Nc2cccc(C(C)(C)C)c2)C1C1CCCCC1. The van der Waals surface area contributed by atoms with Gasteiger partial charge in [0.25, 0.3) is 5.91 Å². The molecule has 1 saturated carbocycles. The lowest BCUT2D eigenvalue weighted by Gasteiger charge is -2.46. The molecule has 2 aromatic carbocycles. The topological polar surface area (TPSA) is 49.4 Å². The highest BCUT2D eigenvalue weighted by molar-refractivity contribution is 5.97. The Labute approximate surface area is 209 Å². The van der Waals surface area contributed by atoms with E-state index in [1.807, 2.05) is 24.0 Å². The summed E-state index contributed by atoms with van der Waals surface area (Å²) in [4.78, 5) is 29.3. The number of carbonyl (C=O) groups is 2. The van der Waals surface area contributed by atoms with E-state index in [2.05, 4.69) is 38.2 Å². The monoisotopic (exact) mass is 478 g/mol. The van der Waals surface area contributed by atoms with E-state index in [0.29, 0.717) is 18.0 Å². The number of hydrogen-bond acceptors (Lipinski definition) is 2. The molecule has 2 unspecified atom stereocenters. The Morgan fingerprint density at radius 3 is 2.43 bits per heavy atom. The smallest absolute Gasteiger partial charge is 0.254 e. The Kier molecular flexibility index (Phi) is 7.63. The third kappa shape index (κ3) is 5.76. The molecule has 1 saturated heterocycles. The van der Waals surface area contributed by atoms with Crippen LogP contribution in [0.1, 0.15) is 87.2 Å². The first-order valence-electron chi connectivity index (χ1n) is 13.1. The number of likely N-dealkylation sites (tertiary alicyclic amines) is 1. The summed E-state index contributed by atoms with van der Waals surface area (Å²) in [6.07, 6.45) is 7.05. The molecule has 0 bridgehead atoms. The van der Waals surface area contributed by atoms with Gasteiger partial charge < -0.3 is 10.2 Å². The lowest BCUT2D eigenvalue weighted by atomic mass is 9.74. The second-order valence-electron chi connectivity index (χ2n) is 11.4. The molecule has 4 rings (SSSR count). The van der Waals surface area contributed by atoms with E-state index in [9.17, 15) is 14.0 Å². The molecule has 0 spiro atoms. The number of aryl methyl sites for hydroxylation is 1. The van der Waals surface area contributed by atoms with E-state index in [-0.39, 0.29) is 29.2 Å². The van der Waals surface area contributed by atoms with E-state index in [1.165, 1.54) is 24.1 Å². The third-order valence-electron chi connectivity index (χ3n) is 7.84. The molecule has 1 heterocycles. The van der Waals surface area contributed by atoms with Crippen molar-refractivity contribution >= 4 is 17.5 Å². The van der Waals surface area contributed by atoms with Gasteiger partial charge in [0.2, 0.25) is 5.91 Å². The quantitative estimate of drug-likeness (QED) is 0.521. The highest BCUT2D eigenvalue weighted by Crippen LogP contribution is 2.38. The molecule has 2 fully saturated rings. The van der Waals surface area contributed by atoms with Gasteiger partial charge in [0.1, 0.15) is 5.82 Å². The van der Waals surface area contributed by atoms with Gasteiger partial charge in [0.15, 0.2) is 0 Å². The number of nitrogens with zero attached hydrogens (tertiary/aromatic N) is 1. The van der Waals surface area contributed by atoms with Crippen LogP contribution in [0.5, 0.6) is 0 Å². The summed E-state index contributed by atoms with van der Waals surface area (Å²) in [5, 5.41) is 3.18. The van der Waals surface area contributed by atoms with Crippen LogP contribution in [0.2, 0.25) is 0 Å². The average Bonchev–Trinajstić information content (AvgIpc) is 2.84. The van der Waals surface area contributed by atoms with Crippen LogP contribution in [0.4, 0.5) is 10.1 Å². The molecule has 4 nitrogen and oxygen atoms in total. The van der Waals surface area contributed by atoms with E-state index in [0.717, 1.165) is 49.8 Å². The molecule has 2 aromatic rings. The molecule has 2 aliphatic rings. The van der Waals surface area contributed by atoms with Gasteiger partial charge in [-0.25, -0.2) is 4.39 Å². The number of amides is 2. The molecule has 1 aliphatic carbocycles. The summed E-state index contributed by atoms with van der Waals surface area (Å²) >= 11 is 0. The minimum atomic E-state index is -0.404. The van der Waals surface area contributed by atoms with Crippen LogP contribution in [0.25, 0.3) is 0 Å². The number of benzene rings is 2. The second kappa shape index (κ2) is 10.5. The fourth-order valence-corrected chi connectivity index (χ4v) is 5.88. The van der Waals surface area contributed by atoms with Gasteiger partial charge in [-0.05, 0) is 79.3 Å². The van der Waals surface area contributed by atoms with Gasteiger partial charge in [0, 0.05) is 23.8 Å². The largest absolute Gasteiger partial charge is 0.335 e. The molecule has 5 heteroatoms. The third-order valence-corrected chi connectivity index (χ3v) is 7.84. The van der Waals surface area contributed by atoms with Gasteiger partial charge in [-0.3, -0.25) is 9.59 Å². The van der Waals surface area contributed by atoms with Gasteiger partial charge in [-0.1, -0.05) is 58.2 Å². The maximum absolute atomic E-state index is 14.1. The van der Waals surface area contributed by atoms with Crippen molar-refractivity contribution < 1.29 is 14.0 Å². The first-order valence-corrected chi connectivity index (χ1v) is 13.1. The van der Waals surface area contributed by atoms with E-state index >= 15 is 0 Å². The Hall–Kier alpha value is -2.69. The van der Waals surface area contributed by atoms with Gasteiger partial charge in [0.05, 0.1) is 5.92 Å². The number of nitrogens with one attached hydrogen (secondary N) is 1. The summed E-state index contributed by atoms with van der Waals surface area (Å²) in [7, 11) is 0. The molecule has 1 aliphatic heterocycles. The first kappa shape index (κ1) is 25.4. The molecule has 2 amide bonds. The van der Waals surface area contributed by atoms with Gasteiger partial charge >= 0.3 is 0 Å². The first-order chi connectivity index (χ1) is 16.6. The lowest BCUT2D eigenvalue weighted by Crippen LogP contribution is -2.55. The minimum Gasteiger partial charge on any atom is -0.335 e. The number of anilines is 1. The zero-order valence-corrected chi connectivity index (χ0v) is 21.6. The van der Waals surface area contributed by atoms with Crippen molar-refractivity contribution in [1.29, 1.82) is 0 Å². The van der Waals surface area contributed by atoms with Crippen LogP contribution < -0.4 is 5.32 Å². The van der Waals surface area contributed by atoms with Crippen molar-refractivity contribution in [2.75, 3.05) is 11.9 Å². The Morgan fingerprint density at radius 2 is 1.71 bits per heavy atom. The van der Waals surface area contributed by atoms with Crippen LogP contribution in [0.15, 0.2) is 42.5 Å². The number of rotatable bonds is 4. The highest BCUT2D eigenvalue weighted by atomic mass is 19.1. The van der Waals surface area contributed by atoms with Crippen LogP contribution in [-0.4, -0.2) is 29.3 Å². The molecule has 35 heavy (non-hydrogen) atoms. The molecule has 1 N–H and O–H groups in total. The molecule has 188 valence electrons. The lowest BCUT2D eigenvalue weighted by molar-refractivity contribution is -0.124. The zero-order chi connectivity index (χ0) is 25.2. The minimum absolute atomic E-state index is 0.0117. The highest BCUT2D eigenvalue weighted by Gasteiger charge is 2.43.